The number of aliphatic hydroxyl groups is 1. The van der Waals surface area contributed by atoms with Crippen molar-refractivity contribution in [2.75, 3.05) is 0 Å². The van der Waals surface area contributed by atoms with Crippen molar-refractivity contribution in [2.45, 2.75) is 58.0 Å². The molecular weight excluding hydrogens is 210 g/mol. The van der Waals surface area contributed by atoms with Crippen LogP contribution in [0.4, 0.5) is 0 Å². The molecule has 94 valence electrons. The lowest BCUT2D eigenvalue weighted by Gasteiger charge is -2.13. The normalized spacial score (nSPS) is 18.5. The maximum Gasteiger partial charge on any atom is 0.0595 e. The molecule has 1 N–H and O–H groups in total. The minimum Gasteiger partial charge on any atom is -0.393 e. The van der Waals surface area contributed by atoms with Gasteiger partial charge in [0.1, 0.15) is 0 Å². The molecule has 2 rings (SSSR count). The van der Waals surface area contributed by atoms with Gasteiger partial charge in [0.05, 0.1) is 6.10 Å². The quantitative estimate of drug-likeness (QED) is 0.846. The highest BCUT2D eigenvalue weighted by Gasteiger charge is 2.16. The van der Waals surface area contributed by atoms with E-state index < -0.39 is 0 Å². The molecule has 1 aliphatic carbocycles. The first-order chi connectivity index (χ1) is 8.24. The Morgan fingerprint density at radius 1 is 1.35 bits per heavy atom. The van der Waals surface area contributed by atoms with Gasteiger partial charge in [0, 0.05) is 18.3 Å². The van der Waals surface area contributed by atoms with Crippen molar-refractivity contribution in [2.24, 2.45) is 5.92 Å². The molecule has 0 bridgehead atoms. The third-order valence-corrected chi connectivity index (χ3v) is 3.80. The van der Waals surface area contributed by atoms with E-state index in [0.29, 0.717) is 6.42 Å². The second-order valence-corrected chi connectivity index (χ2v) is 5.41. The molecule has 0 aliphatic heterocycles. The van der Waals surface area contributed by atoms with Gasteiger partial charge >= 0.3 is 0 Å². The van der Waals surface area contributed by atoms with Gasteiger partial charge in [-0.2, -0.15) is 0 Å². The Bertz CT molecular complexity index is 327. The molecule has 2 heteroatoms. The second-order valence-electron chi connectivity index (χ2n) is 5.41. The van der Waals surface area contributed by atoms with E-state index in [1.54, 1.807) is 0 Å². The fourth-order valence-electron chi connectivity index (χ4n) is 2.69. The zero-order chi connectivity index (χ0) is 12.1. The van der Waals surface area contributed by atoms with E-state index in [1.165, 1.54) is 37.7 Å². The van der Waals surface area contributed by atoms with Crippen molar-refractivity contribution in [1.29, 1.82) is 0 Å². The van der Waals surface area contributed by atoms with Crippen LogP contribution in [0.5, 0.6) is 0 Å². The standard InChI is InChI=1S/C15H23NO/c1-12-6-8-14(16-11-12)10-15(17)9-7-13-4-2-3-5-13/h6,8,11,13,15,17H,2-5,7,9-10H2,1H3. The van der Waals surface area contributed by atoms with Gasteiger partial charge in [-0.05, 0) is 37.3 Å². The van der Waals surface area contributed by atoms with Crippen molar-refractivity contribution < 1.29 is 5.11 Å². The summed E-state index contributed by atoms with van der Waals surface area (Å²) in [5.74, 6) is 0.871. The Hall–Kier alpha value is -0.890. The van der Waals surface area contributed by atoms with Gasteiger partial charge in [0.2, 0.25) is 0 Å². The van der Waals surface area contributed by atoms with Crippen LogP contribution in [-0.4, -0.2) is 16.2 Å². The summed E-state index contributed by atoms with van der Waals surface area (Å²) < 4.78 is 0. The Balaban J connectivity index is 1.72. The summed E-state index contributed by atoms with van der Waals surface area (Å²) in [5.41, 5.74) is 2.18. The Labute approximate surface area is 104 Å². The molecule has 0 radical (unpaired) electrons. The van der Waals surface area contributed by atoms with E-state index in [-0.39, 0.29) is 6.10 Å². The summed E-state index contributed by atoms with van der Waals surface area (Å²) in [7, 11) is 0. The van der Waals surface area contributed by atoms with Crippen LogP contribution in [0.25, 0.3) is 0 Å². The largest absolute Gasteiger partial charge is 0.393 e. The van der Waals surface area contributed by atoms with E-state index in [1.807, 2.05) is 19.2 Å². The third kappa shape index (κ3) is 4.12. The molecule has 1 aromatic rings. The molecule has 17 heavy (non-hydrogen) atoms. The van der Waals surface area contributed by atoms with Crippen LogP contribution < -0.4 is 0 Å². The van der Waals surface area contributed by atoms with Gasteiger partial charge in [0.25, 0.3) is 0 Å². The fraction of sp³-hybridized carbons (Fsp3) is 0.667. The van der Waals surface area contributed by atoms with Gasteiger partial charge in [0.15, 0.2) is 0 Å². The zero-order valence-corrected chi connectivity index (χ0v) is 10.7. The highest BCUT2D eigenvalue weighted by atomic mass is 16.3. The average Bonchev–Trinajstić information content (AvgIpc) is 2.83. The highest BCUT2D eigenvalue weighted by Crippen LogP contribution is 2.29. The number of hydrogen-bond donors (Lipinski definition) is 1. The first-order valence-corrected chi connectivity index (χ1v) is 6.83. The van der Waals surface area contributed by atoms with Crippen molar-refractivity contribution in [1.82, 2.24) is 4.98 Å². The predicted octanol–water partition coefficient (Wildman–Crippen LogP) is 3.26. The molecule has 2 nitrogen and oxygen atoms in total. The van der Waals surface area contributed by atoms with Gasteiger partial charge in [-0.3, -0.25) is 4.98 Å². The van der Waals surface area contributed by atoms with Crippen molar-refractivity contribution in [3.63, 3.8) is 0 Å². The molecule has 0 aromatic carbocycles. The van der Waals surface area contributed by atoms with Gasteiger partial charge < -0.3 is 5.11 Å². The number of rotatable bonds is 5. The minimum absolute atomic E-state index is 0.217. The molecule has 1 aliphatic rings. The summed E-state index contributed by atoms with van der Waals surface area (Å²) in [6, 6.07) is 4.08. The summed E-state index contributed by atoms with van der Waals surface area (Å²) >= 11 is 0. The number of pyridine rings is 1. The number of aromatic nitrogens is 1. The van der Waals surface area contributed by atoms with Gasteiger partial charge in [-0.1, -0.05) is 31.7 Å². The van der Waals surface area contributed by atoms with Gasteiger partial charge in [-0.25, -0.2) is 0 Å². The smallest absolute Gasteiger partial charge is 0.0595 e. The lowest BCUT2D eigenvalue weighted by atomic mass is 9.98. The van der Waals surface area contributed by atoms with Gasteiger partial charge in [-0.15, -0.1) is 0 Å². The Kier molecular flexibility index (Phi) is 4.55. The van der Waals surface area contributed by atoms with Crippen LogP contribution in [0.2, 0.25) is 0 Å². The third-order valence-electron chi connectivity index (χ3n) is 3.80. The molecule has 1 saturated carbocycles. The topological polar surface area (TPSA) is 33.1 Å². The van der Waals surface area contributed by atoms with Crippen LogP contribution in [0, 0.1) is 12.8 Å². The fourth-order valence-corrected chi connectivity index (χ4v) is 2.69. The Morgan fingerprint density at radius 3 is 2.76 bits per heavy atom. The first kappa shape index (κ1) is 12.6. The highest BCUT2D eigenvalue weighted by molar-refractivity contribution is 5.12. The molecule has 0 saturated heterocycles. The molecule has 0 amide bonds. The molecule has 0 spiro atoms. The van der Waals surface area contributed by atoms with Crippen LogP contribution >= 0.6 is 0 Å². The zero-order valence-electron chi connectivity index (χ0n) is 10.7. The molecule has 1 heterocycles. The monoisotopic (exact) mass is 233 g/mol. The van der Waals surface area contributed by atoms with Crippen molar-refractivity contribution in [3.8, 4) is 0 Å². The van der Waals surface area contributed by atoms with Crippen LogP contribution in [0.1, 0.15) is 49.8 Å². The van der Waals surface area contributed by atoms with Crippen LogP contribution in [-0.2, 0) is 6.42 Å². The van der Waals surface area contributed by atoms with Crippen molar-refractivity contribution >= 4 is 0 Å². The Morgan fingerprint density at radius 2 is 2.12 bits per heavy atom. The minimum atomic E-state index is -0.217. The molecule has 1 atom stereocenters. The van der Waals surface area contributed by atoms with Crippen LogP contribution in [0.3, 0.4) is 0 Å². The average molecular weight is 233 g/mol. The lowest BCUT2D eigenvalue weighted by molar-refractivity contribution is 0.154. The summed E-state index contributed by atoms with van der Waals surface area (Å²) in [6.07, 6.45) is 10.00. The summed E-state index contributed by atoms with van der Waals surface area (Å²) in [4.78, 5) is 4.34. The maximum atomic E-state index is 9.99. The van der Waals surface area contributed by atoms with E-state index in [9.17, 15) is 5.11 Å². The lowest BCUT2D eigenvalue weighted by Crippen LogP contribution is -2.13. The second kappa shape index (κ2) is 6.15. The molecular formula is C15H23NO. The summed E-state index contributed by atoms with van der Waals surface area (Å²) in [6.45, 7) is 2.04. The number of nitrogens with zero attached hydrogens (tertiary/aromatic N) is 1. The summed E-state index contributed by atoms with van der Waals surface area (Å²) in [5, 5.41) is 9.99. The predicted molar refractivity (Wildman–Crippen MR) is 69.9 cm³/mol. The van der Waals surface area contributed by atoms with E-state index in [4.69, 9.17) is 0 Å². The van der Waals surface area contributed by atoms with E-state index in [0.717, 1.165) is 18.0 Å². The van der Waals surface area contributed by atoms with Crippen molar-refractivity contribution in [3.05, 3.63) is 29.6 Å². The van der Waals surface area contributed by atoms with Crippen LogP contribution in [0.15, 0.2) is 18.3 Å². The van der Waals surface area contributed by atoms with E-state index in [2.05, 4.69) is 11.1 Å². The molecule has 1 aromatic heterocycles. The molecule has 1 unspecified atom stereocenters. The van der Waals surface area contributed by atoms with E-state index >= 15 is 0 Å². The number of aryl methyl sites for hydroxylation is 1. The number of aliphatic hydroxyl groups excluding tert-OH is 1. The maximum absolute atomic E-state index is 9.99. The number of hydrogen-bond acceptors (Lipinski definition) is 2. The first-order valence-electron chi connectivity index (χ1n) is 6.83. The SMILES string of the molecule is Cc1ccc(CC(O)CCC2CCCC2)nc1. The molecule has 1 fully saturated rings.